The molecule has 7 nitrogen and oxygen atoms in total. The molecule has 0 spiro atoms. The number of amides is 2. The van der Waals surface area contributed by atoms with Gasteiger partial charge in [-0.15, -0.1) is 0 Å². The molecule has 0 aliphatic rings. The summed E-state index contributed by atoms with van der Waals surface area (Å²) in [6.07, 6.45) is 1.50. The lowest BCUT2D eigenvalue weighted by Crippen LogP contribution is -2.20. The summed E-state index contributed by atoms with van der Waals surface area (Å²) in [6.45, 7) is 5.81. The van der Waals surface area contributed by atoms with Gasteiger partial charge in [-0.1, -0.05) is 24.3 Å². The first-order chi connectivity index (χ1) is 15.9. The van der Waals surface area contributed by atoms with Gasteiger partial charge < -0.3 is 14.8 Å². The van der Waals surface area contributed by atoms with Crippen LogP contribution in [0.3, 0.4) is 0 Å². The van der Waals surface area contributed by atoms with Gasteiger partial charge in [0.2, 0.25) is 0 Å². The van der Waals surface area contributed by atoms with E-state index in [0.717, 1.165) is 22.4 Å². The van der Waals surface area contributed by atoms with Crippen molar-refractivity contribution in [1.82, 2.24) is 5.43 Å². The van der Waals surface area contributed by atoms with Crippen LogP contribution in [0, 0.1) is 20.8 Å². The number of hydrazone groups is 1. The van der Waals surface area contributed by atoms with Gasteiger partial charge >= 0.3 is 0 Å². The number of carbonyl (C=O) groups excluding carboxylic acids is 2. The van der Waals surface area contributed by atoms with E-state index in [1.165, 1.54) is 13.3 Å². The highest BCUT2D eigenvalue weighted by Gasteiger charge is 2.11. The molecular formula is C26H27N3O4. The highest BCUT2D eigenvalue weighted by molar-refractivity contribution is 5.97. The first-order valence-electron chi connectivity index (χ1n) is 10.4. The van der Waals surface area contributed by atoms with Crippen LogP contribution >= 0.6 is 0 Å². The topological polar surface area (TPSA) is 89.0 Å². The fraction of sp³-hybridized carbons (Fsp3) is 0.192. The van der Waals surface area contributed by atoms with Crippen LogP contribution in [0.1, 0.15) is 32.6 Å². The van der Waals surface area contributed by atoms with Crippen molar-refractivity contribution in [3.8, 4) is 11.5 Å². The Labute approximate surface area is 193 Å². The smallest absolute Gasteiger partial charge is 0.275 e. The van der Waals surface area contributed by atoms with E-state index < -0.39 is 0 Å². The maximum atomic E-state index is 12.4. The first kappa shape index (κ1) is 23.5. The molecule has 2 N–H and O–H groups in total. The van der Waals surface area contributed by atoms with Crippen molar-refractivity contribution in [2.24, 2.45) is 5.10 Å². The molecule has 0 fully saturated rings. The number of benzene rings is 3. The number of carbonyl (C=O) groups is 2. The highest BCUT2D eigenvalue weighted by Crippen LogP contribution is 2.20. The number of anilines is 1. The number of hydrogen-bond donors (Lipinski definition) is 2. The molecular weight excluding hydrogens is 418 g/mol. The van der Waals surface area contributed by atoms with Gasteiger partial charge in [-0.2, -0.15) is 5.10 Å². The molecule has 0 heterocycles. The van der Waals surface area contributed by atoms with Crippen LogP contribution in [0.15, 0.2) is 65.8 Å². The fourth-order valence-corrected chi connectivity index (χ4v) is 3.06. The second-order valence-corrected chi connectivity index (χ2v) is 7.61. The van der Waals surface area contributed by atoms with Crippen molar-refractivity contribution in [1.29, 1.82) is 0 Å². The number of nitrogens with zero attached hydrogens (tertiary/aromatic N) is 1. The van der Waals surface area contributed by atoms with E-state index in [1.54, 1.807) is 30.3 Å². The van der Waals surface area contributed by atoms with Crippen LogP contribution < -0.4 is 20.2 Å². The van der Waals surface area contributed by atoms with Gasteiger partial charge in [-0.05, 0) is 79.4 Å². The minimum absolute atomic E-state index is 0.128. The lowest BCUT2D eigenvalue weighted by molar-refractivity contribution is -0.118. The quantitative estimate of drug-likeness (QED) is 0.397. The Bertz CT molecular complexity index is 1190. The number of aryl methyl sites for hydroxylation is 3. The third kappa shape index (κ3) is 6.67. The zero-order valence-corrected chi connectivity index (χ0v) is 19.1. The molecule has 33 heavy (non-hydrogen) atoms. The fourth-order valence-electron chi connectivity index (χ4n) is 3.06. The predicted octanol–water partition coefficient (Wildman–Crippen LogP) is 4.40. The summed E-state index contributed by atoms with van der Waals surface area (Å²) in [5, 5.41) is 6.83. The number of nitrogens with one attached hydrogen (secondary N) is 2. The molecule has 3 aromatic carbocycles. The first-order valence-corrected chi connectivity index (χ1v) is 10.4. The second-order valence-electron chi connectivity index (χ2n) is 7.61. The molecule has 3 rings (SSSR count). The van der Waals surface area contributed by atoms with Crippen LogP contribution in [0.4, 0.5) is 5.69 Å². The van der Waals surface area contributed by atoms with Crippen molar-refractivity contribution in [2.75, 3.05) is 19.0 Å². The average molecular weight is 446 g/mol. The molecule has 0 saturated carbocycles. The van der Waals surface area contributed by atoms with E-state index in [4.69, 9.17) is 9.47 Å². The normalized spacial score (nSPS) is 10.7. The Morgan fingerprint density at radius 3 is 2.55 bits per heavy atom. The lowest BCUT2D eigenvalue weighted by atomic mass is 10.1. The molecule has 0 unspecified atom stereocenters. The monoisotopic (exact) mass is 445 g/mol. The molecule has 3 aromatic rings. The summed E-state index contributed by atoms with van der Waals surface area (Å²) in [4.78, 5) is 24.6. The van der Waals surface area contributed by atoms with E-state index >= 15 is 0 Å². The highest BCUT2D eigenvalue weighted by atomic mass is 16.5. The lowest BCUT2D eigenvalue weighted by Gasteiger charge is -2.09. The van der Waals surface area contributed by atoms with E-state index in [9.17, 15) is 9.59 Å². The van der Waals surface area contributed by atoms with Gasteiger partial charge in [0.15, 0.2) is 6.61 Å². The third-order valence-corrected chi connectivity index (χ3v) is 5.00. The second kappa shape index (κ2) is 10.9. The Kier molecular flexibility index (Phi) is 7.81. The Morgan fingerprint density at radius 2 is 1.79 bits per heavy atom. The maximum Gasteiger partial charge on any atom is 0.275 e. The minimum atomic E-state index is -0.376. The Morgan fingerprint density at radius 1 is 0.970 bits per heavy atom. The van der Waals surface area contributed by atoms with Gasteiger partial charge in [0.1, 0.15) is 11.5 Å². The van der Waals surface area contributed by atoms with Crippen molar-refractivity contribution < 1.29 is 19.1 Å². The molecule has 0 aliphatic carbocycles. The largest absolute Gasteiger partial charge is 0.496 e. The van der Waals surface area contributed by atoms with Gasteiger partial charge in [-0.25, -0.2) is 5.43 Å². The van der Waals surface area contributed by atoms with Crippen LogP contribution in [0.2, 0.25) is 0 Å². The molecule has 0 radical (unpaired) electrons. The molecule has 0 bridgehead atoms. The third-order valence-electron chi connectivity index (χ3n) is 5.00. The number of ether oxygens (including phenoxy) is 2. The molecule has 0 aliphatic heterocycles. The van der Waals surface area contributed by atoms with Crippen molar-refractivity contribution in [3.05, 3.63) is 88.5 Å². The van der Waals surface area contributed by atoms with Crippen LogP contribution in [0.25, 0.3) is 0 Å². The van der Waals surface area contributed by atoms with E-state index in [1.807, 2.05) is 51.1 Å². The summed E-state index contributed by atoms with van der Waals surface area (Å²) >= 11 is 0. The van der Waals surface area contributed by atoms with Crippen molar-refractivity contribution in [3.63, 3.8) is 0 Å². The van der Waals surface area contributed by atoms with Gasteiger partial charge in [-0.3, -0.25) is 9.59 Å². The standard InChI is InChI=1S/C26H27N3O4/c1-17-8-11-23(24(12-17)32-4)26(31)29-27-15-20-6-5-7-22(14-20)33-16-25(30)28-21-10-9-18(2)19(3)13-21/h5-15H,16H2,1-4H3,(H,28,30)(H,29,31)/b27-15-. The summed E-state index contributed by atoms with van der Waals surface area (Å²) in [7, 11) is 1.52. The van der Waals surface area contributed by atoms with Crippen molar-refractivity contribution >= 4 is 23.7 Å². The number of rotatable bonds is 8. The van der Waals surface area contributed by atoms with Gasteiger partial charge in [0.25, 0.3) is 11.8 Å². The summed E-state index contributed by atoms with van der Waals surface area (Å²) in [5.74, 6) is 0.369. The van der Waals surface area contributed by atoms with Crippen molar-refractivity contribution in [2.45, 2.75) is 20.8 Å². The molecule has 7 heteroatoms. The SMILES string of the molecule is COc1cc(C)ccc1C(=O)N/N=C\c1cccc(OCC(=O)Nc2ccc(C)c(C)c2)c1. The zero-order valence-electron chi connectivity index (χ0n) is 19.1. The summed E-state index contributed by atoms with van der Waals surface area (Å²) in [5.41, 5.74) is 7.59. The maximum absolute atomic E-state index is 12.4. The van der Waals surface area contributed by atoms with Gasteiger partial charge in [0, 0.05) is 5.69 Å². The minimum Gasteiger partial charge on any atom is -0.496 e. The van der Waals surface area contributed by atoms with Crippen LogP contribution in [0.5, 0.6) is 11.5 Å². The van der Waals surface area contributed by atoms with Crippen LogP contribution in [-0.2, 0) is 4.79 Å². The Balaban J connectivity index is 1.55. The predicted molar refractivity (Wildman–Crippen MR) is 129 cm³/mol. The summed E-state index contributed by atoms with van der Waals surface area (Å²) in [6, 6.07) is 18.1. The average Bonchev–Trinajstić information content (AvgIpc) is 2.80. The van der Waals surface area contributed by atoms with Crippen LogP contribution in [-0.4, -0.2) is 31.7 Å². The van der Waals surface area contributed by atoms with E-state index in [2.05, 4.69) is 15.8 Å². The molecule has 170 valence electrons. The summed E-state index contributed by atoms with van der Waals surface area (Å²) < 4.78 is 10.9. The van der Waals surface area contributed by atoms with E-state index in [-0.39, 0.29) is 18.4 Å². The number of methoxy groups -OCH3 is 1. The molecule has 0 atom stereocenters. The molecule has 0 aromatic heterocycles. The zero-order chi connectivity index (χ0) is 23.8. The number of hydrogen-bond acceptors (Lipinski definition) is 5. The Hall–Kier alpha value is -4.13. The van der Waals surface area contributed by atoms with Gasteiger partial charge in [0.05, 0.1) is 18.9 Å². The molecule has 2 amide bonds. The molecule has 0 saturated heterocycles. The van der Waals surface area contributed by atoms with E-state index in [0.29, 0.717) is 22.6 Å².